The van der Waals surface area contributed by atoms with Gasteiger partial charge in [-0.25, -0.2) is 4.98 Å². The lowest BCUT2D eigenvalue weighted by molar-refractivity contribution is -0.141. The van der Waals surface area contributed by atoms with Crippen molar-refractivity contribution in [2.45, 2.75) is 38.8 Å². The minimum Gasteiger partial charge on any atom is -0.370 e. The summed E-state index contributed by atoms with van der Waals surface area (Å²) in [7, 11) is 0. The molecule has 1 aromatic rings. The standard InChI is InChI=1S/C14H19F3N2/c1-10-5-7-11(8-6-10)9-18-13-4-2-3-12(19-13)14(15,16)17/h2-4,10-11H,5-9H2,1H3,(H,18,19). The first-order chi connectivity index (χ1) is 8.95. The van der Waals surface area contributed by atoms with Crippen LogP contribution in [0.5, 0.6) is 0 Å². The summed E-state index contributed by atoms with van der Waals surface area (Å²) >= 11 is 0. The molecule has 0 spiro atoms. The fourth-order valence-corrected chi connectivity index (χ4v) is 2.47. The van der Waals surface area contributed by atoms with Crippen LogP contribution < -0.4 is 5.32 Å². The van der Waals surface area contributed by atoms with Crippen LogP contribution in [0.1, 0.15) is 38.3 Å². The topological polar surface area (TPSA) is 24.9 Å². The van der Waals surface area contributed by atoms with Crippen LogP contribution in [0.25, 0.3) is 0 Å². The highest BCUT2D eigenvalue weighted by atomic mass is 19.4. The van der Waals surface area contributed by atoms with Crippen molar-refractivity contribution in [3.63, 3.8) is 0 Å². The molecule has 0 unspecified atom stereocenters. The van der Waals surface area contributed by atoms with Crippen molar-refractivity contribution in [2.24, 2.45) is 11.8 Å². The van der Waals surface area contributed by atoms with Crippen molar-refractivity contribution < 1.29 is 13.2 Å². The predicted molar refractivity (Wildman–Crippen MR) is 68.9 cm³/mol. The maximum absolute atomic E-state index is 12.5. The summed E-state index contributed by atoms with van der Waals surface area (Å²) in [5, 5.41) is 3.03. The van der Waals surface area contributed by atoms with Gasteiger partial charge in [-0.05, 0) is 36.8 Å². The Morgan fingerprint density at radius 3 is 2.53 bits per heavy atom. The molecule has 0 aliphatic heterocycles. The molecule has 1 saturated carbocycles. The maximum atomic E-state index is 12.5. The number of rotatable bonds is 3. The Morgan fingerprint density at radius 1 is 1.21 bits per heavy atom. The van der Waals surface area contributed by atoms with Gasteiger partial charge < -0.3 is 5.32 Å². The van der Waals surface area contributed by atoms with Crippen LogP contribution in [-0.4, -0.2) is 11.5 Å². The molecule has 1 fully saturated rings. The molecule has 0 radical (unpaired) electrons. The number of nitrogens with one attached hydrogen (secondary N) is 1. The Labute approximate surface area is 111 Å². The van der Waals surface area contributed by atoms with Crippen molar-refractivity contribution in [3.05, 3.63) is 23.9 Å². The lowest BCUT2D eigenvalue weighted by Gasteiger charge is -2.26. The second kappa shape index (κ2) is 5.80. The van der Waals surface area contributed by atoms with E-state index in [1.165, 1.54) is 18.9 Å². The van der Waals surface area contributed by atoms with Gasteiger partial charge in [0.15, 0.2) is 0 Å². The third kappa shape index (κ3) is 4.11. The summed E-state index contributed by atoms with van der Waals surface area (Å²) in [6.07, 6.45) is 0.336. The van der Waals surface area contributed by atoms with Crippen molar-refractivity contribution >= 4 is 5.82 Å². The summed E-state index contributed by atoms with van der Waals surface area (Å²) in [4.78, 5) is 3.61. The third-order valence-electron chi connectivity index (χ3n) is 3.75. The number of hydrogen-bond donors (Lipinski definition) is 1. The van der Waals surface area contributed by atoms with E-state index in [2.05, 4.69) is 17.2 Å². The average molecular weight is 272 g/mol. The average Bonchev–Trinajstić information content (AvgIpc) is 2.37. The van der Waals surface area contributed by atoms with Gasteiger partial charge in [0.25, 0.3) is 0 Å². The molecule has 1 N–H and O–H groups in total. The largest absolute Gasteiger partial charge is 0.433 e. The number of aromatic nitrogens is 1. The Morgan fingerprint density at radius 2 is 1.89 bits per heavy atom. The quantitative estimate of drug-likeness (QED) is 0.885. The minimum absolute atomic E-state index is 0.313. The highest BCUT2D eigenvalue weighted by Crippen LogP contribution is 2.30. The van der Waals surface area contributed by atoms with Crippen LogP contribution in [0.2, 0.25) is 0 Å². The molecule has 2 nitrogen and oxygen atoms in total. The Kier molecular flexibility index (Phi) is 4.32. The van der Waals surface area contributed by atoms with Gasteiger partial charge in [0.1, 0.15) is 11.5 Å². The lowest BCUT2D eigenvalue weighted by Crippen LogP contribution is -2.21. The van der Waals surface area contributed by atoms with E-state index >= 15 is 0 Å². The molecule has 5 heteroatoms. The molecule has 0 atom stereocenters. The molecule has 106 valence electrons. The van der Waals surface area contributed by atoms with Crippen LogP contribution in [0.4, 0.5) is 19.0 Å². The molecule has 1 aliphatic carbocycles. The van der Waals surface area contributed by atoms with E-state index in [0.29, 0.717) is 18.3 Å². The van der Waals surface area contributed by atoms with Gasteiger partial charge in [-0.15, -0.1) is 0 Å². The molecule has 19 heavy (non-hydrogen) atoms. The molecular formula is C14H19F3N2. The van der Waals surface area contributed by atoms with E-state index in [-0.39, 0.29) is 0 Å². The summed E-state index contributed by atoms with van der Waals surface area (Å²) < 4.78 is 37.5. The summed E-state index contributed by atoms with van der Waals surface area (Å²) in [6.45, 7) is 2.96. The monoisotopic (exact) mass is 272 g/mol. The normalized spacial score (nSPS) is 24.2. The zero-order chi connectivity index (χ0) is 13.9. The number of pyridine rings is 1. The first-order valence-corrected chi connectivity index (χ1v) is 6.73. The van der Waals surface area contributed by atoms with E-state index in [0.717, 1.165) is 24.8 Å². The highest BCUT2D eigenvalue weighted by Gasteiger charge is 2.32. The summed E-state index contributed by atoms with van der Waals surface area (Å²) in [6, 6.07) is 3.97. The van der Waals surface area contributed by atoms with Crippen molar-refractivity contribution in [3.8, 4) is 0 Å². The first kappa shape index (κ1) is 14.2. The summed E-state index contributed by atoms with van der Waals surface area (Å²) in [5.74, 6) is 1.64. The van der Waals surface area contributed by atoms with Crippen LogP contribution >= 0.6 is 0 Å². The highest BCUT2D eigenvalue weighted by molar-refractivity contribution is 5.35. The molecule has 2 rings (SSSR count). The number of hydrogen-bond acceptors (Lipinski definition) is 2. The second-order valence-corrected chi connectivity index (χ2v) is 5.41. The lowest BCUT2D eigenvalue weighted by atomic mass is 9.83. The van der Waals surface area contributed by atoms with Crippen LogP contribution in [0.15, 0.2) is 18.2 Å². The minimum atomic E-state index is -4.38. The van der Waals surface area contributed by atoms with Crippen molar-refractivity contribution in [2.75, 3.05) is 11.9 Å². The number of alkyl halides is 3. The third-order valence-corrected chi connectivity index (χ3v) is 3.75. The van der Waals surface area contributed by atoms with E-state index in [1.807, 2.05) is 0 Å². The van der Waals surface area contributed by atoms with Gasteiger partial charge in [-0.3, -0.25) is 0 Å². The maximum Gasteiger partial charge on any atom is 0.433 e. The first-order valence-electron chi connectivity index (χ1n) is 6.73. The van der Waals surface area contributed by atoms with Crippen LogP contribution in [0, 0.1) is 11.8 Å². The van der Waals surface area contributed by atoms with Gasteiger partial charge in [-0.2, -0.15) is 13.2 Å². The fourth-order valence-electron chi connectivity index (χ4n) is 2.47. The van der Waals surface area contributed by atoms with Crippen molar-refractivity contribution in [1.29, 1.82) is 0 Å². The van der Waals surface area contributed by atoms with Gasteiger partial charge in [0, 0.05) is 6.54 Å². The van der Waals surface area contributed by atoms with Crippen LogP contribution in [-0.2, 0) is 6.18 Å². The molecular weight excluding hydrogens is 253 g/mol. The Balaban J connectivity index is 1.89. The Hall–Kier alpha value is -1.26. The zero-order valence-electron chi connectivity index (χ0n) is 11.0. The molecule has 0 saturated heterocycles. The number of nitrogens with zero attached hydrogens (tertiary/aromatic N) is 1. The van der Waals surface area contributed by atoms with Crippen molar-refractivity contribution in [1.82, 2.24) is 4.98 Å². The SMILES string of the molecule is CC1CCC(CNc2cccc(C(F)(F)F)n2)CC1. The second-order valence-electron chi connectivity index (χ2n) is 5.41. The van der Waals surface area contributed by atoms with Gasteiger partial charge in [0.2, 0.25) is 0 Å². The van der Waals surface area contributed by atoms with E-state index in [4.69, 9.17) is 0 Å². The van der Waals surface area contributed by atoms with Crippen LogP contribution in [0.3, 0.4) is 0 Å². The van der Waals surface area contributed by atoms with Gasteiger partial charge in [-0.1, -0.05) is 25.8 Å². The van der Waals surface area contributed by atoms with E-state index < -0.39 is 11.9 Å². The van der Waals surface area contributed by atoms with E-state index in [9.17, 15) is 13.2 Å². The molecule has 1 aliphatic rings. The Bertz CT molecular complexity index is 409. The molecule has 1 heterocycles. The van der Waals surface area contributed by atoms with Gasteiger partial charge in [0.05, 0.1) is 0 Å². The molecule has 1 aromatic heterocycles. The van der Waals surface area contributed by atoms with Gasteiger partial charge >= 0.3 is 6.18 Å². The number of halogens is 3. The number of anilines is 1. The van der Waals surface area contributed by atoms with E-state index in [1.54, 1.807) is 6.07 Å². The summed E-state index contributed by atoms with van der Waals surface area (Å²) in [5.41, 5.74) is -0.838. The zero-order valence-corrected chi connectivity index (χ0v) is 11.0. The molecule has 0 aromatic carbocycles. The fraction of sp³-hybridized carbons (Fsp3) is 0.643. The molecule has 0 amide bonds. The smallest absolute Gasteiger partial charge is 0.370 e. The molecule has 0 bridgehead atoms. The predicted octanol–water partition coefficient (Wildman–Crippen LogP) is 4.34.